The van der Waals surface area contributed by atoms with Gasteiger partial charge in [0, 0.05) is 61.2 Å². The number of Topliss-reactive ketones (excluding diaryl/α,β-unsaturated/α-hetero) is 1. The van der Waals surface area contributed by atoms with E-state index in [1.165, 1.54) is 0 Å². The Morgan fingerprint density at radius 3 is 2.22 bits per heavy atom. The molecule has 12 heteroatoms. The van der Waals surface area contributed by atoms with E-state index >= 15 is 0 Å². The first kappa shape index (κ1) is 47.4. The average Bonchev–Trinajstić information content (AvgIpc) is 3.49. The smallest absolute Gasteiger partial charge is 0.237 e. The molecule has 0 radical (unpaired) electrons. The molecule has 2 heterocycles. The number of ether oxygens (including phenoxy) is 2. The first-order valence-corrected chi connectivity index (χ1v) is 21.9. The number of aromatic amines is 1. The standard InChI is InChI=1S/C46H76N6O6/c1-13-29(7)46(24-33(46)21-28(6)42(54)40(26(2)3)51-45(56)41(48-10)27(4)5)38(57-11)23-39(53)52-20-16-19-37(52)30(8)31(9)44(55)50-36(43(47)58-12)22-32-25-49-35-18-15-14-17-34(32)35/h14-15,17-18,25-31,33,36-38,40-41,43,48-49H,13,16,19-24,47H2,1-12H3,(H,50,55)(H,51,56)/t28?,29-,30+,31+,33-,36-,37-,38+,40-,41-,43?,46-/m0/s1. The van der Waals surface area contributed by atoms with E-state index in [0.29, 0.717) is 19.4 Å². The van der Waals surface area contributed by atoms with Gasteiger partial charge in [-0.25, -0.2) is 0 Å². The van der Waals surface area contributed by atoms with E-state index in [4.69, 9.17) is 15.2 Å². The molecule has 2 aliphatic rings. The van der Waals surface area contributed by atoms with Gasteiger partial charge in [0.2, 0.25) is 17.7 Å². The van der Waals surface area contributed by atoms with Crippen LogP contribution in [-0.4, -0.2) is 97.7 Å². The lowest BCUT2D eigenvalue weighted by Gasteiger charge is -2.37. The molecule has 58 heavy (non-hydrogen) atoms. The summed E-state index contributed by atoms with van der Waals surface area (Å²) in [6.45, 7) is 19.0. The molecule has 2 fully saturated rings. The number of H-pyrrole nitrogens is 1. The molecule has 0 bridgehead atoms. The summed E-state index contributed by atoms with van der Waals surface area (Å²) < 4.78 is 11.8. The van der Waals surface area contributed by atoms with E-state index in [0.717, 1.165) is 42.1 Å². The first-order valence-electron chi connectivity index (χ1n) is 21.9. The second-order valence-corrected chi connectivity index (χ2v) is 18.4. The number of nitrogens with zero attached hydrogens (tertiary/aromatic N) is 1. The normalized spacial score (nSPS) is 24.2. The first-order chi connectivity index (χ1) is 27.5. The van der Waals surface area contributed by atoms with Crippen molar-refractivity contribution in [3.8, 4) is 0 Å². The van der Waals surface area contributed by atoms with Crippen LogP contribution in [0.4, 0.5) is 0 Å². The SMILES string of the molecule is CC[C@H](C)[C@@]1([C@@H](CC(=O)N2CCC[C@H]2[C@H](C)[C@@H](C)C(=O)N[C@@H](Cc2c[nH]c3ccccc23)C(N)OC)OC)C[C@@H]1CC(C)C(=O)[C@@H](NC(=O)[C@@H](NC)C(C)C)C(C)C. The minimum atomic E-state index is -0.695. The second kappa shape index (κ2) is 20.8. The maximum atomic E-state index is 14.3. The van der Waals surface area contributed by atoms with E-state index in [2.05, 4.69) is 47.8 Å². The number of likely N-dealkylation sites (tertiary alicyclic amines) is 1. The number of hydrogen-bond acceptors (Lipinski definition) is 8. The van der Waals surface area contributed by atoms with Crippen LogP contribution in [0.15, 0.2) is 30.5 Å². The predicted molar refractivity (Wildman–Crippen MR) is 231 cm³/mol. The summed E-state index contributed by atoms with van der Waals surface area (Å²) in [5.74, 6) is -0.351. The van der Waals surface area contributed by atoms with E-state index in [1.807, 2.05) is 70.8 Å². The Kier molecular flexibility index (Phi) is 17.0. The van der Waals surface area contributed by atoms with Crippen LogP contribution >= 0.6 is 0 Å². The minimum Gasteiger partial charge on any atom is -0.380 e. The molecule has 2 aromatic rings. The van der Waals surface area contributed by atoms with Crippen molar-refractivity contribution >= 4 is 34.4 Å². The van der Waals surface area contributed by atoms with Gasteiger partial charge >= 0.3 is 0 Å². The van der Waals surface area contributed by atoms with Crippen LogP contribution in [0, 0.1) is 46.8 Å². The van der Waals surface area contributed by atoms with Gasteiger partial charge in [0.25, 0.3) is 0 Å². The Hall–Kier alpha value is -3.32. The molecule has 1 aromatic heterocycles. The molecule has 326 valence electrons. The molecule has 12 nitrogen and oxygen atoms in total. The Balaban J connectivity index is 1.42. The number of benzene rings is 1. The number of ketones is 1. The van der Waals surface area contributed by atoms with Crippen LogP contribution < -0.4 is 21.7 Å². The highest BCUT2D eigenvalue weighted by Crippen LogP contribution is 2.64. The highest BCUT2D eigenvalue weighted by atomic mass is 16.5. The maximum absolute atomic E-state index is 14.3. The fraction of sp³-hybridized carbons (Fsp3) is 0.739. The quantitative estimate of drug-likeness (QED) is 0.0876. The lowest BCUT2D eigenvalue weighted by atomic mass is 9.77. The third kappa shape index (κ3) is 10.5. The fourth-order valence-electron chi connectivity index (χ4n) is 10.0. The van der Waals surface area contributed by atoms with Crippen LogP contribution in [0.25, 0.3) is 10.9 Å². The molecule has 1 aromatic carbocycles. The molecule has 4 rings (SSSR count). The molecule has 0 spiro atoms. The zero-order valence-electron chi connectivity index (χ0n) is 37.5. The van der Waals surface area contributed by atoms with Crippen molar-refractivity contribution in [1.29, 1.82) is 0 Å². The van der Waals surface area contributed by atoms with Crippen molar-refractivity contribution in [1.82, 2.24) is 25.8 Å². The number of nitrogens with two attached hydrogens (primary N) is 1. The van der Waals surface area contributed by atoms with Gasteiger partial charge in [0.1, 0.15) is 6.23 Å². The number of amides is 3. The molecule has 1 aliphatic carbocycles. The predicted octanol–water partition coefficient (Wildman–Crippen LogP) is 5.83. The highest BCUT2D eigenvalue weighted by molar-refractivity contribution is 5.92. The molecule has 12 atom stereocenters. The van der Waals surface area contributed by atoms with Gasteiger partial charge in [-0.2, -0.15) is 0 Å². The number of aromatic nitrogens is 1. The van der Waals surface area contributed by atoms with Gasteiger partial charge < -0.3 is 41.0 Å². The summed E-state index contributed by atoms with van der Waals surface area (Å²) >= 11 is 0. The number of para-hydroxylation sites is 1. The van der Waals surface area contributed by atoms with Gasteiger partial charge in [-0.1, -0.05) is 86.9 Å². The molecule has 3 amide bonds. The van der Waals surface area contributed by atoms with E-state index in [9.17, 15) is 19.2 Å². The second-order valence-electron chi connectivity index (χ2n) is 18.4. The largest absolute Gasteiger partial charge is 0.380 e. The number of nitrogens with one attached hydrogen (secondary N) is 4. The summed E-state index contributed by atoms with van der Waals surface area (Å²) in [5, 5.41) is 10.4. The van der Waals surface area contributed by atoms with Gasteiger partial charge in [-0.05, 0) is 80.4 Å². The summed E-state index contributed by atoms with van der Waals surface area (Å²) in [5.41, 5.74) is 8.24. The van der Waals surface area contributed by atoms with Crippen molar-refractivity contribution in [3.05, 3.63) is 36.0 Å². The van der Waals surface area contributed by atoms with Crippen molar-refractivity contribution in [2.75, 3.05) is 27.8 Å². The van der Waals surface area contributed by atoms with Gasteiger partial charge in [-0.3, -0.25) is 19.2 Å². The summed E-state index contributed by atoms with van der Waals surface area (Å²) in [7, 11) is 5.02. The van der Waals surface area contributed by atoms with Crippen molar-refractivity contribution in [2.45, 2.75) is 144 Å². The van der Waals surface area contributed by atoms with E-state index < -0.39 is 18.3 Å². The van der Waals surface area contributed by atoms with E-state index in [-0.39, 0.29) is 95.0 Å². The van der Waals surface area contributed by atoms with Crippen molar-refractivity contribution in [3.63, 3.8) is 0 Å². The van der Waals surface area contributed by atoms with Crippen LogP contribution in [0.2, 0.25) is 0 Å². The summed E-state index contributed by atoms with van der Waals surface area (Å²) in [6, 6.07) is 6.58. The fourth-order valence-corrected chi connectivity index (χ4v) is 10.0. The van der Waals surface area contributed by atoms with Crippen LogP contribution in [0.5, 0.6) is 0 Å². The number of likely N-dealkylation sites (N-methyl/N-ethyl adjacent to an activating group) is 1. The van der Waals surface area contributed by atoms with Crippen LogP contribution in [0.1, 0.15) is 106 Å². The third-order valence-electron chi connectivity index (χ3n) is 14.2. The Morgan fingerprint density at radius 2 is 1.62 bits per heavy atom. The number of carbonyl (C=O) groups is 4. The minimum absolute atomic E-state index is 0.0503. The van der Waals surface area contributed by atoms with Gasteiger partial charge in [0.05, 0.1) is 30.7 Å². The van der Waals surface area contributed by atoms with Crippen LogP contribution in [-0.2, 0) is 35.1 Å². The van der Waals surface area contributed by atoms with E-state index in [1.54, 1.807) is 21.3 Å². The summed E-state index contributed by atoms with van der Waals surface area (Å²) in [6.07, 6.45) is 5.93. The van der Waals surface area contributed by atoms with Crippen molar-refractivity contribution in [2.24, 2.45) is 52.6 Å². The van der Waals surface area contributed by atoms with Crippen LogP contribution in [0.3, 0.4) is 0 Å². The highest BCUT2D eigenvalue weighted by Gasteiger charge is 2.62. The topological polar surface area (TPSA) is 168 Å². The van der Waals surface area contributed by atoms with Gasteiger partial charge in [0.15, 0.2) is 5.78 Å². The number of fused-ring (bicyclic) bond motifs is 1. The Labute approximate surface area is 348 Å². The zero-order valence-corrected chi connectivity index (χ0v) is 37.5. The molecular weight excluding hydrogens is 733 g/mol. The van der Waals surface area contributed by atoms with Gasteiger partial charge in [-0.15, -0.1) is 0 Å². The molecule has 1 saturated carbocycles. The monoisotopic (exact) mass is 809 g/mol. The number of carbonyl (C=O) groups excluding carboxylic acids is 4. The molecule has 1 aliphatic heterocycles. The third-order valence-corrected chi connectivity index (χ3v) is 14.2. The Morgan fingerprint density at radius 1 is 0.948 bits per heavy atom. The van der Waals surface area contributed by atoms with Crippen molar-refractivity contribution < 1.29 is 28.7 Å². The number of hydrogen-bond donors (Lipinski definition) is 5. The lowest BCUT2D eigenvalue weighted by molar-refractivity contribution is -0.139. The zero-order chi connectivity index (χ0) is 43.1. The lowest BCUT2D eigenvalue weighted by Crippen LogP contribution is -2.54. The molecule has 2 unspecified atom stereocenters. The molecule has 1 saturated heterocycles. The summed E-state index contributed by atoms with van der Waals surface area (Å²) in [4.78, 5) is 60.6. The number of rotatable bonds is 23. The molecular formula is C46H76N6O6. The Bertz CT molecular complexity index is 1680. The number of methoxy groups -OCH3 is 2. The maximum Gasteiger partial charge on any atom is 0.237 e. The molecule has 6 N–H and O–H groups in total. The average molecular weight is 809 g/mol.